The minimum Gasteiger partial charge on any atom is -0.314 e. The number of carbonyl (C=O) groups is 1. The van der Waals surface area contributed by atoms with Gasteiger partial charge in [0, 0.05) is 48.2 Å². The van der Waals surface area contributed by atoms with Gasteiger partial charge in [-0.1, -0.05) is 19.6 Å². The zero-order valence-corrected chi connectivity index (χ0v) is 17.2. The summed E-state index contributed by atoms with van der Waals surface area (Å²) in [6, 6.07) is 9.39. The van der Waals surface area contributed by atoms with E-state index in [1.54, 1.807) is 18.3 Å². The Bertz CT molecular complexity index is 1080. The monoisotopic (exact) mass is 453 g/mol. The molecule has 0 radical (unpaired) electrons. The van der Waals surface area contributed by atoms with Crippen LogP contribution in [0.3, 0.4) is 0 Å². The Labute approximate surface area is 179 Å². The molecule has 0 unspecified atom stereocenters. The van der Waals surface area contributed by atoms with Crippen LogP contribution in [0.25, 0.3) is 21.6 Å². The maximum Gasteiger partial charge on any atom is 0.187 e. The first-order chi connectivity index (χ1) is 13.6. The summed E-state index contributed by atoms with van der Waals surface area (Å²) >= 11 is 3.50. The molecule has 0 saturated carbocycles. The van der Waals surface area contributed by atoms with E-state index in [1.807, 2.05) is 29.7 Å². The van der Waals surface area contributed by atoms with Crippen LogP contribution in [0.1, 0.15) is 23.5 Å². The molecule has 3 heterocycles. The molecule has 2 aromatic heterocycles. The third-order valence-electron chi connectivity index (χ3n) is 5.10. The predicted molar refractivity (Wildman–Crippen MR) is 120 cm³/mol. The van der Waals surface area contributed by atoms with Crippen molar-refractivity contribution >= 4 is 38.4 Å². The topological polar surface area (TPSA) is 54.5 Å². The fourth-order valence-corrected chi connectivity index (χ4v) is 4.07. The van der Waals surface area contributed by atoms with E-state index in [4.69, 9.17) is 6.57 Å². The summed E-state index contributed by atoms with van der Waals surface area (Å²) in [7, 11) is 0. The Kier molecular flexibility index (Phi) is 6.48. The Balaban J connectivity index is 0.00000240. The van der Waals surface area contributed by atoms with Crippen molar-refractivity contribution in [3.05, 3.63) is 63.7 Å². The molecule has 1 N–H and O–H groups in total. The van der Waals surface area contributed by atoms with Crippen LogP contribution in [-0.4, -0.2) is 53.0 Å². The molecule has 0 spiro atoms. The number of nitrogens with zero attached hydrogens (tertiary/aromatic N) is 4. The highest BCUT2D eigenvalue weighted by molar-refractivity contribution is 9.10. The molecule has 1 fully saturated rings. The number of hydrogen-bond donors (Lipinski definition) is 1. The molecule has 29 heavy (non-hydrogen) atoms. The van der Waals surface area contributed by atoms with Gasteiger partial charge in [0.2, 0.25) is 0 Å². The lowest BCUT2D eigenvalue weighted by atomic mass is 10.1. The molecule has 1 aliphatic heterocycles. The second-order valence-electron chi connectivity index (χ2n) is 6.89. The number of pyridine rings is 1. The molecule has 7 heteroatoms. The lowest BCUT2D eigenvalue weighted by molar-refractivity contribution is 0.0922. The number of carbonyl (C=O) groups excluding carboxylic acids is 1. The summed E-state index contributed by atoms with van der Waals surface area (Å²) in [6.45, 7) is 13.1. The first-order valence-electron chi connectivity index (χ1n) is 9.19. The van der Waals surface area contributed by atoms with Crippen LogP contribution in [-0.2, 0) is 0 Å². The predicted octanol–water partition coefficient (Wildman–Crippen LogP) is 4.37. The van der Waals surface area contributed by atoms with Gasteiger partial charge in [0.25, 0.3) is 0 Å². The van der Waals surface area contributed by atoms with Crippen LogP contribution in [0, 0.1) is 13.5 Å². The van der Waals surface area contributed by atoms with Crippen molar-refractivity contribution in [3.63, 3.8) is 0 Å². The molecule has 1 aromatic carbocycles. The van der Waals surface area contributed by atoms with Crippen molar-refractivity contribution in [2.75, 3.05) is 32.7 Å². The Morgan fingerprint density at radius 2 is 1.97 bits per heavy atom. The summed E-state index contributed by atoms with van der Waals surface area (Å²) in [5.74, 6) is 0.0933. The number of halogens is 1. The number of ketones is 1. The molecule has 0 bridgehead atoms. The van der Waals surface area contributed by atoms with E-state index in [-0.39, 0.29) is 13.2 Å². The van der Waals surface area contributed by atoms with Gasteiger partial charge >= 0.3 is 0 Å². The van der Waals surface area contributed by atoms with Crippen LogP contribution < -0.4 is 5.32 Å². The molecular weight excluding hydrogens is 430 g/mol. The average Bonchev–Trinajstić information content (AvgIpc) is 3.00. The van der Waals surface area contributed by atoms with Crippen molar-refractivity contribution in [3.8, 4) is 5.69 Å². The van der Waals surface area contributed by atoms with E-state index >= 15 is 0 Å². The number of fused-ring (bicyclic) bond motifs is 1. The highest BCUT2D eigenvalue weighted by atomic mass is 79.9. The zero-order valence-electron chi connectivity index (χ0n) is 15.6. The summed E-state index contributed by atoms with van der Waals surface area (Å²) in [5, 5.41) is 3.31. The third-order valence-corrected chi connectivity index (χ3v) is 5.54. The SMILES string of the molecule is C.[C-]#[N+]c1ccc(-n2c(C)c(C(=O)CN3CCNCC3)c3ncc(Br)cc32)cc1. The highest BCUT2D eigenvalue weighted by Gasteiger charge is 2.24. The minimum absolute atomic E-state index is 0. The number of hydrogen-bond acceptors (Lipinski definition) is 4. The van der Waals surface area contributed by atoms with Crippen LogP contribution in [0.4, 0.5) is 5.69 Å². The van der Waals surface area contributed by atoms with Gasteiger partial charge in [0.05, 0.1) is 29.7 Å². The number of rotatable bonds is 4. The Morgan fingerprint density at radius 3 is 2.62 bits per heavy atom. The quantitative estimate of drug-likeness (QED) is 0.470. The van der Waals surface area contributed by atoms with Crippen LogP contribution >= 0.6 is 15.9 Å². The second-order valence-corrected chi connectivity index (χ2v) is 7.81. The van der Waals surface area contributed by atoms with Crippen molar-refractivity contribution in [1.29, 1.82) is 0 Å². The zero-order chi connectivity index (χ0) is 19.7. The fourth-order valence-electron chi connectivity index (χ4n) is 3.75. The summed E-state index contributed by atoms with van der Waals surface area (Å²) in [4.78, 5) is 23.4. The summed E-state index contributed by atoms with van der Waals surface area (Å²) in [5.41, 5.74) is 4.65. The fraction of sp³-hybridized carbons (Fsp3) is 0.318. The first-order valence-corrected chi connectivity index (χ1v) is 9.98. The molecule has 3 aromatic rings. The molecule has 1 saturated heterocycles. The van der Waals surface area contributed by atoms with Crippen LogP contribution in [0.2, 0.25) is 0 Å². The normalized spacial score (nSPS) is 14.4. The number of benzene rings is 1. The highest BCUT2D eigenvalue weighted by Crippen LogP contribution is 2.31. The van der Waals surface area contributed by atoms with E-state index in [2.05, 4.69) is 36.0 Å². The second kappa shape index (κ2) is 8.87. The van der Waals surface area contributed by atoms with E-state index in [9.17, 15) is 4.79 Å². The average molecular weight is 454 g/mol. The van der Waals surface area contributed by atoms with Crippen molar-refractivity contribution in [2.45, 2.75) is 14.4 Å². The van der Waals surface area contributed by atoms with Crippen molar-refractivity contribution in [2.24, 2.45) is 0 Å². The molecule has 0 atom stereocenters. The number of Topliss-reactive ketones (excluding diaryl/α,β-unsaturated/α-hetero) is 1. The van der Waals surface area contributed by atoms with E-state index < -0.39 is 0 Å². The number of nitrogens with one attached hydrogen (secondary N) is 1. The van der Waals surface area contributed by atoms with Crippen LogP contribution in [0.15, 0.2) is 41.0 Å². The van der Waals surface area contributed by atoms with Gasteiger partial charge in [-0.2, -0.15) is 0 Å². The van der Waals surface area contributed by atoms with Gasteiger partial charge in [-0.05, 0) is 41.1 Å². The standard InChI is InChI=1S/C21H20BrN5O.CH4/c1-14-20(19(28)13-26-9-7-24-8-10-26)21-18(11-15(22)12-25-21)27(14)17-5-3-16(23-2)4-6-17;/h3-6,11-12,24H,7-10,13H2,1H3;1H4. The molecular formula is C22H24BrN5O. The smallest absolute Gasteiger partial charge is 0.187 e. The lowest BCUT2D eigenvalue weighted by Crippen LogP contribution is -2.45. The van der Waals surface area contributed by atoms with Gasteiger partial charge in [-0.15, -0.1) is 0 Å². The first kappa shape index (κ1) is 21.2. The minimum atomic E-state index is 0. The van der Waals surface area contributed by atoms with E-state index in [1.165, 1.54) is 0 Å². The van der Waals surface area contributed by atoms with Crippen molar-refractivity contribution < 1.29 is 4.79 Å². The molecule has 0 aliphatic carbocycles. The Morgan fingerprint density at radius 1 is 1.28 bits per heavy atom. The molecule has 150 valence electrons. The number of aromatic nitrogens is 2. The summed E-state index contributed by atoms with van der Waals surface area (Å²) in [6.07, 6.45) is 1.73. The Hall–Kier alpha value is -2.53. The third kappa shape index (κ3) is 4.10. The lowest BCUT2D eigenvalue weighted by Gasteiger charge is -2.26. The molecule has 6 nitrogen and oxygen atoms in total. The maximum atomic E-state index is 13.2. The molecule has 4 rings (SSSR count). The van der Waals surface area contributed by atoms with Gasteiger partial charge in [0.1, 0.15) is 0 Å². The summed E-state index contributed by atoms with van der Waals surface area (Å²) < 4.78 is 2.91. The molecule has 1 aliphatic rings. The van der Waals surface area contributed by atoms with Gasteiger partial charge in [-0.3, -0.25) is 14.7 Å². The maximum absolute atomic E-state index is 13.2. The van der Waals surface area contributed by atoms with Gasteiger partial charge in [-0.25, -0.2) is 4.85 Å². The van der Waals surface area contributed by atoms with Crippen LogP contribution in [0.5, 0.6) is 0 Å². The number of piperazine rings is 1. The largest absolute Gasteiger partial charge is 0.314 e. The molecule has 0 amide bonds. The van der Waals surface area contributed by atoms with E-state index in [0.717, 1.165) is 53.1 Å². The van der Waals surface area contributed by atoms with Crippen molar-refractivity contribution in [1.82, 2.24) is 19.8 Å². The van der Waals surface area contributed by atoms with Gasteiger partial charge in [0.15, 0.2) is 11.5 Å². The van der Waals surface area contributed by atoms with Gasteiger partial charge < -0.3 is 9.88 Å². The van der Waals surface area contributed by atoms with E-state index in [0.29, 0.717) is 17.8 Å².